The number of piperidine rings is 1. The molecular formula is C22H22Cl2N4O3S3. The van der Waals surface area contributed by atoms with E-state index >= 15 is 0 Å². The Hall–Kier alpha value is -1.69. The van der Waals surface area contributed by atoms with E-state index in [0.717, 1.165) is 10.1 Å². The van der Waals surface area contributed by atoms with Crippen molar-refractivity contribution in [1.82, 2.24) is 14.5 Å². The van der Waals surface area contributed by atoms with Crippen molar-refractivity contribution >= 4 is 67.4 Å². The number of nitrogens with zero attached hydrogens (tertiary/aromatic N) is 3. The van der Waals surface area contributed by atoms with Crippen LogP contribution in [0.5, 0.6) is 0 Å². The van der Waals surface area contributed by atoms with Crippen molar-refractivity contribution in [3.63, 3.8) is 0 Å². The number of sulfonamides is 1. The fourth-order valence-electron chi connectivity index (χ4n) is 3.60. The van der Waals surface area contributed by atoms with Crippen LogP contribution in [0.3, 0.4) is 0 Å². The van der Waals surface area contributed by atoms with Crippen molar-refractivity contribution in [1.29, 1.82) is 0 Å². The number of benzene rings is 2. The van der Waals surface area contributed by atoms with Crippen LogP contribution in [0.4, 0.5) is 5.13 Å². The highest BCUT2D eigenvalue weighted by Gasteiger charge is 2.33. The Labute approximate surface area is 216 Å². The summed E-state index contributed by atoms with van der Waals surface area (Å²) in [6, 6.07) is 14.9. The first-order valence-electron chi connectivity index (χ1n) is 10.5. The fourth-order valence-corrected chi connectivity index (χ4v) is 7.67. The molecule has 1 amide bonds. The van der Waals surface area contributed by atoms with E-state index in [1.165, 1.54) is 21.2 Å². The molecule has 0 bridgehead atoms. The fraction of sp³-hybridized carbons (Fsp3) is 0.318. The van der Waals surface area contributed by atoms with Crippen molar-refractivity contribution < 1.29 is 13.2 Å². The molecule has 180 valence electrons. The van der Waals surface area contributed by atoms with Gasteiger partial charge in [-0.2, -0.15) is 0 Å². The number of rotatable bonds is 8. The average molecular weight is 558 g/mol. The summed E-state index contributed by atoms with van der Waals surface area (Å²) >= 11 is 15.2. The van der Waals surface area contributed by atoms with Crippen LogP contribution in [-0.2, 0) is 26.3 Å². The monoisotopic (exact) mass is 556 g/mol. The van der Waals surface area contributed by atoms with E-state index in [1.54, 1.807) is 30.0 Å². The Balaban J connectivity index is 1.35. The van der Waals surface area contributed by atoms with Gasteiger partial charge >= 0.3 is 0 Å². The van der Waals surface area contributed by atoms with Gasteiger partial charge in [0.2, 0.25) is 21.1 Å². The van der Waals surface area contributed by atoms with Crippen LogP contribution in [0.15, 0.2) is 52.9 Å². The van der Waals surface area contributed by atoms with Gasteiger partial charge in [-0.3, -0.25) is 4.79 Å². The minimum absolute atomic E-state index is 0.102. The van der Waals surface area contributed by atoms with Crippen LogP contribution in [0.25, 0.3) is 0 Å². The molecule has 1 unspecified atom stereocenters. The van der Waals surface area contributed by atoms with E-state index in [1.807, 2.05) is 30.3 Å². The minimum Gasteiger partial charge on any atom is -0.300 e. The molecule has 1 aliphatic heterocycles. The third-order valence-corrected chi connectivity index (χ3v) is 9.90. The number of hydrogen-bond acceptors (Lipinski definition) is 7. The topological polar surface area (TPSA) is 92.3 Å². The van der Waals surface area contributed by atoms with Crippen LogP contribution in [-0.4, -0.2) is 41.9 Å². The molecule has 1 atom stereocenters. The van der Waals surface area contributed by atoms with Crippen molar-refractivity contribution in [2.24, 2.45) is 5.92 Å². The standard InChI is InChI=1S/C22H22Cl2N4O3S3/c23-18-9-4-10-19(24)17(18)14-34(30,31)28-11-5-8-16(12-28)20(29)25-21-26-27-22(33-21)32-13-15-6-2-1-3-7-15/h1-4,6-7,9-10,16H,5,8,11-14H2,(H,25,26,29). The van der Waals surface area contributed by atoms with Gasteiger partial charge in [0.15, 0.2) is 4.34 Å². The average Bonchev–Trinajstić information content (AvgIpc) is 3.28. The van der Waals surface area contributed by atoms with Crippen LogP contribution in [0, 0.1) is 5.92 Å². The van der Waals surface area contributed by atoms with Gasteiger partial charge in [0.25, 0.3) is 0 Å². The van der Waals surface area contributed by atoms with E-state index in [-0.39, 0.29) is 18.2 Å². The van der Waals surface area contributed by atoms with Crippen LogP contribution >= 0.6 is 46.3 Å². The lowest BCUT2D eigenvalue weighted by Gasteiger charge is -2.31. The lowest BCUT2D eigenvalue weighted by atomic mass is 9.99. The second-order valence-corrected chi connectivity index (χ2v) is 12.8. The highest BCUT2D eigenvalue weighted by molar-refractivity contribution is 8.00. The predicted molar refractivity (Wildman–Crippen MR) is 138 cm³/mol. The van der Waals surface area contributed by atoms with Crippen LogP contribution < -0.4 is 5.32 Å². The van der Waals surface area contributed by atoms with Crippen molar-refractivity contribution in [2.45, 2.75) is 28.7 Å². The molecule has 1 aliphatic rings. The first kappa shape index (κ1) is 25.4. The minimum atomic E-state index is -3.69. The molecule has 0 radical (unpaired) electrons. The summed E-state index contributed by atoms with van der Waals surface area (Å²) in [5.74, 6) is -0.284. The quantitative estimate of drug-likeness (QED) is 0.298. The smallest absolute Gasteiger partial charge is 0.230 e. The number of amides is 1. The van der Waals surface area contributed by atoms with E-state index in [2.05, 4.69) is 15.5 Å². The summed E-state index contributed by atoms with van der Waals surface area (Å²) in [6.45, 7) is 0.456. The van der Waals surface area contributed by atoms with Gasteiger partial charge in [-0.05, 0) is 30.5 Å². The number of anilines is 1. The summed E-state index contributed by atoms with van der Waals surface area (Å²) in [5.41, 5.74) is 1.54. The van der Waals surface area contributed by atoms with Crippen LogP contribution in [0.2, 0.25) is 10.0 Å². The van der Waals surface area contributed by atoms with Gasteiger partial charge in [0.05, 0.1) is 11.7 Å². The largest absolute Gasteiger partial charge is 0.300 e. The molecule has 0 saturated carbocycles. The predicted octanol–water partition coefficient (Wildman–Crippen LogP) is 5.32. The van der Waals surface area contributed by atoms with Gasteiger partial charge in [-0.25, -0.2) is 12.7 Å². The van der Waals surface area contributed by atoms with E-state index in [0.29, 0.717) is 40.1 Å². The van der Waals surface area contributed by atoms with Gasteiger partial charge in [0, 0.05) is 34.5 Å². The molecule has 2 aromatic carbocycles. The zero-order valence-corrected chi connectivity index (χ0v) is 21.9. The molecule has 3 aromatic rings. The first-order chi connectivity index (χ1) is 16.3. The summed E-state index contributed by atoms with van der Waals surface area (Å²) in [6.07, 6.45) is 1.18. The Kier molecular flexibility index (Phi) is 8.49. The Morgan fingerprint density at radius 1 is 1.12 bits per heavy atom. The Morgan fingerprint density at radius 2 is 1.85 bits per heavy atom. The molecule has 2 heterocycles. The molecule has 0 spiro atoms. The molecule has 1 aromatic heterocycles. The number of carbonyl (C=O) groups is 1. The summed E-state index contributed by atoms with van der Waals surface area (Å²) in [7, 11) is -3.69. The maximum Gasteiger partial charge on any atom is 0.230 e. The van der Waals surface area contributed by atoms with Crippen LogP contribution in [0.1, 0.15) is 24.0 Å². The number of aromatic nitrogens is 2. The third kappa shape index (κ3) is 6.50. The Bertz CT molecular complexity index is 1240. The van der Waals surface area contributed by atoms with Crippen molar-refractivity contribution in [3.8, 4) is 0 Å². The summed E-state index contributed by atoms with van der Waals surface area (Å²) in [4.78, 5) is 12.9. The lowest BCUT2D eigenvalue weighted by molar-refractivity contribution is -0.120. The molecule has 7 nitrogen and oxygen atoms in total. The molecular weight excluding hydrogens is 535 g/mol. The molecule has 1 saturated heterocycles. The van der Waals surface area contributed by atoms with Crippen molar-refractivity contribution in [3.05, 3.63) is 69.7 Å². The van der Waals surface area contributed by atoms with E-state index in [9.17, 15) is 13.2 Å². The van der Waals surface area contributed by atoms with Gasteiger partial charge in [-0.15, -0.1) is 10.2 Å². The van der Waals surface area contributed by atoms with Gasteiger partial charge < -0.3 is 5.32 Å². The second-order valence-electron chi connectivity index (χ2n) is 7.79. The maximum atomic E-state index is 13.0. The zero-order valence-electron chi connectivity index (χ0n) is 18.0. The molecule has 1 N–H and O–H groups in total. The highest BCUT2D eigenvalue weighted by atomic mass is 35.5. The number of nitrogens with one attached hydrogen (secondary N) is 1. The SMILES string of the molecule is O=C(Nc1nnc(SCc2ccccc2)s1)C1CCCN(S(=O)(=O)Cc2c(Cl)cccc2Cl)C1. The molecule has 12 heteroatoms. The van der Waals surface area contributed by atoms with Gasteiger partial charge in [-0.1, -0.05) is 82.7 Å². The summed E-state index contributed by atoms with van der Waals surface area (Å²) in [5, 5.41) is 12.0. The zero-order chi connectivity index (χ0) is 24.1. The number of hydrogen-bond donors (Lipinski definition) is 1. The summed E-state index contributed by atoms with van der Waals surface area (Å²) < 4.78 is 28.2. The molecule has 4 rings (SSSR count). The molecule has 1 fully saturated rings. The maximum absolute atomic E-state index is 13.0. The van der Waals surface area contributed by atoms with Gasteiger partial charge in [0.1, 0.15) is 0 Å². The second kappa shape index (κ2) is 11.4. The Morgan fingerprint density at radius 3 is 2.59 bits per heavy atom. The highest BCUT2D eigenvalue weighted by Crippen LogP contribution is 2.31. The normalized spacial score (nSPS) is 16.9. The molecule has 34 heavy (non-hydrogen) atoms. The van der Waals surface area contributed by atoms with E-state index < -0.39 is 15.9 Å². The van der Waals surface area contributed by atoms with E-state index in [4.69, 9.17) is 23.2 Å². The number of carbonyl (C=O) groups excluding carboxylic acids is 1. The first-order valence-corrected chi connectivity index (χ1v) is 14.7. The number of halogens is 2. The van der Waals surface area contributed by atoms with Crippen molar-refractivity contribution in [2.75, 3.05) is 18.4 Å². The molecule has 0 aliphatic carbocycles. The lowest BCUT2D eigenvalue weighted by Crippen LogP contribution is -2.44. The number of thioether (sulfide) groups is 1. The third-order valence-electron chi connectivity index (χ3n) is 5.38.